The zero-order valence-corrected chi connectivity index (χ0v) is 31.2. The first kappa shape index (κ1) is 30.9. The lowest BCUT2D eigenvalue weighted by molar-refractivity contribution is 0.653. The lowest BCUT2D eigenvalue weighted by Crippen LogP contribution is -2.02. The van der Waals surface area contributed by atoms with Gasteiger partial charge in [-0.05, 0) is 63.0 Å². The Kier molecular flexibility index (Phi) is 6.29. The smallest absolute Gasteiger partial charge is 0.233 e. The van der Waals surface area contributed by atoms with Gasteiger partial charge in [0.05, 0.1) is 16.4 Å². The lowest BCUT2D eigenvalue weighted by atomic mass is 9.94. The van der Waals surface area contributed by atoms with Crippen LogP contribution in [0.25, 0.3) is 125 Å². The van der Waals surface area contributed by atoms with Gasteiger partial charge in [-0.2, -0.15) is 4.98 Å². The summed E-state index contributed by atoms with van der Waals surface area (Å²) in [7, 11) is 0. The van der Waals surface area contributed by atoms with Crippen LogP contribution in [0.4, 0.5) is 0 Å². The minimum absolute atomic E-state index is 0.566. The second-order valence-corrected chi connectivity index (χ2v) is 15.9. The van der Waals surface area contributed by atoms with E-state index in [1.165, 1.54) is 63.6 Å². The van der Waals surface area contributed by atoms with E-state index in [0.717, 1.165) is 49.5 Å². The highest BCUT2D eigenvalue weighted by molar-refractivity contribution is 7.27. The topological polar surface area (TPSA) is 43.9 Å². The van der Waals surface area contributed by atoms with Crippen LogP contribution < -0.4 is 0 Å². The zero-order valence-electron chi connectivity index (χ0n) is 30.4. The van der Waals surface area contributed by atoms with Crippen molar-refractivity contribution in [3.8, 4) is 28.3 Å². The van der Waals surface area contributed by atoms with Crippen molar-refractivity contribution < 1.29 is 4.42 Å². The van der Waals surface area contributed by atoms with Gasteiger partial charge < -0.3 is 4.42 Å². The van der Waals surface area contributed by atoms with Gasteiger partial charge in [0.2, 0.25) is 5.71 Å². The second kappa shape index (κ2) is 11.6. The van der Waals surface area contributed by atoms with Gasteiger partial charge in [-0.25, -0.2) is 4.98 Å². The normalized spacial score (nSPS) is 12.2. The molecule has 0 aliphatic carbocycles. The van der Waals surface area contributed by atoms with Crippen LogP contribution in [0.5, 0.6) is 0 Å². The highest BCUT2D eigenvalue weighted by Crippen LogP contribution is 2.48. The average molecular weight is 744 g/mol. The first-order valence-corrected chi connectivity index (χ1v) is 20.1. The number of hydrogen-bond donors (Lipinski definition) is 0. The highest BCUT2D eigenvalue weighted by Gasteiger charge is 2.25. The minimum Gasteiger partial charge on any atom is -0.437 e. The van der Waals surface area contributed by atoms with Crippen LogP contribution in [-0.4, -0.2) is 14.5 Å². The molecule has 4 heterocycles. The monoisotopic (exact) mass is 743 g/mol. The molecule has 0 bridgehead atoms. The molecule has 0 radical (unpaired) electrons. The average Bonchev–Trinajstić information content (AvgIpc) is 3.96. The van der Waals surface area contributed by atoms with Gasteiger partial charge in [-0.1, -0.05) is 146 Å². The number of para-hydroxylation sites is 2. The molecular weight excluding hydrogens is 715 g/mol. The van der Waals surface area contributed by atoms with Crippen molar-refractivity contribution in [1.29, 1.82) is 0 Å². The summed E-state index contributed by atoms with van der Waals surface area (Å²) in [5, 5.41) is 14.2. The van der Waals surface area contributed by atoms with Crippen LogP contribution in [0, 0.1) is 0 Å². The first-order valence-electron chi connectivity index (χ1n) is 19.3. The predicted octanol–water partition coefficient (Wildman–Crippen LogP) is 14.6. The van der Waals surface area contributed by atoms with Crippen molar-refractivity contribution in [2.24, 2.45) is 0 Å². The standard InChI is InChI=1S/C52H29N3OS/c1-2-14-30(15-3-1)31-26-27-36(33-17-5-4-16-32(31)33)50-53-51(48-38-21-9-12-24-43(38)56-52(48)54-50)55-41-23-11-8-20-37(41)47-42(55)29-28-40-45(47)34-18-6-7-19-35(34)46-39-22-10-13-25-44(39)57-49(40)46/h1-29H. The maximum absolute atomic E-state index is 6.62. The fraction of sp³-hybridized carbons (Fsp3) is 0. The number of rotatable bonds is 3. The van der Waals surface area contributed by atoms with Crippen molar-refractivity contribution in [3.63, 3.8) is 0 Å². The van der Waals surface area contributed by atoms with Crippen molar-refractivity contribution in [2.45, 2.75) is 0 Å². The number of thiophene rings is 1. The molecule has 0 fully saturated rings. The van der Waals surface area contributed by atoms with Crippen LogP contribution in [0.1, 0.15) is 0 Å². The van der Waals surface area contributed by atoms with E-state index in [1.807, 2.05) is 23.5 Å². The summed E-state index contributed by atoms with van der Waals surface area (Å²) in [5.74, 6) is 1.42. The Morgan fingerprint density at radius 2 is 1.04 bits per heavy atom. The summed E-state index contributed by atoms with van der Waals surface area (Å²) in [6.07, 6.45) is 0. The maximum atomic E-state index is 6.62. The van der Waals surface area contributed by atoms with Crippen LogP contribution in [0.2, 0.25) is 0 Å². The van der Waals surface area contributed by atoms with Crippen LogP contribution in [0.15, 0.2) is 180 Å². The van der Waals surface area contributed by atoms with E-state index in [9.17, 15) is 0 Å². The Labute approximate surface area is 329 Å². The fourth-order valence-electron chi connectivity index (χ4n) is 9.43. The summed E-state index contributed by atoms with van der Waals surface area (Å²) < 4.78 is 11.6. The van der Waals surface area contributed by atoms with E-state index < -0.39 is 0 Å². The third kappa shape index (κ3) is 4.26. The molecule has 13 aromatic rings. The third-order valence-corrected chi connectivity index (χ3v) is 13.0. The third-order valence-electron chi connectivity index (χ3n) is 11.8. The summed E-state index contributed by atoms with van der Waals surface area (Å²) in [4.78, 5) is 10.8. The van der Waals surface area contributed by atoms with E-state index in [0.29, 0.717) is 11.5 Å². The van der Waals surface area contributed by atoms with E-state index >= 15 is 0 Å². The number of hydrogen-bond acceptors (Lipinski definition) is 4. The largest absolute Gasteiger partial charge is 0.437 e. The number of benzene rings is 9. The molecule has 0 aliphatic rings. The lowest BCUT2D eigenvalue weighted by Gasteiger charge is -2.14. The molecule has 4 nitrogen and oxygen atoms in total. The number of aromatic nitrogens is 3. The SMILES string of the molecule is c1ccc(-c2ccc(-c3nc(-n4c5ccccc5c5c6c7ccccc7c7c8ccccc8sc7c6ccc54)c4c(n3)oc3ccccc34)c3ccccc23)cc1. The Bertz CT molecular complexity index is 3820. The predicted molar refractivity (Wildman–Crippen MR) is 240 cm³/mol. The molecule has 5 heteroatoms. The number of furan rings is 1. The molecule has 13 rings (SSSR count). The summed E-state index contributed by atoms with van der Waals surface area (Å²) >= 11 is 1.89. The van der Waals surface area contributed by atoms with Gasteiger partial charge in [0.1, 0.15) is 5.58 Å². The Balaban J connectivity index is 1.18. The molecule has 0 amide bonds. The van der Waals surface area contributed by atoms with Crippen LogP contribution in [-0.2, 0) is 0 Å². The number of fused-ring (bicyclic) bond motifs is 16. The van der Waals surface area contributed by atoms with Crippen LogP contribution in [0.3, 0.4) is 0 Å². The molecule has 0 atom stereocenters. The Hall–Kier alpha value is -7.34. The molecule has 264 valence electrons. The fourth-order valence-corrected chi connectivity index (χ4v) is 10.7. The molecule has 0 saturated carbocycles. The van der Waals surface area contributed by atoms with E-state index in [2.05, 4.69) is 168 Å². The van der Waals surface area contributed by atoms with Gasteiger partial charge in [-0.15, -0.1) is 11.3 Å². The van der Waals surface area contributed by atoms with Crippen molar-refractivity contribution >= 4 is 108 Å². The molecule has 0 N–H and O–H groups in total. The van der Waals surface area contributed by atoms with Gasteiger partial charge in [-0.3, -0.25) is 4.57 Å². The molecule has 4 aromatic heterocycles. The van der Waals surface area contributed by atoms with Gasteiger partial charge in [0.15, 0.2) is 11.6 Å². The van der Waals surface area contributed by atoms with E-state index in [-0.39, 0.29) is 0 Å². The summed E-state index contributed by atoms with van der Waals surface area (Å²) in [6, 6.07) is 62.9. The highest BCUT2D eigenvalue weighted by atomic mass is 32.1. The molecule has 57 heavy (non-hydrogen) atoms. The van der Waals surface area contributed by atoms with Crippen molar-refractivity contribution in [3.05, 3.63) is 176 Å². The summed E-state index contributed by atoms with van der Waals surface area (Å²) in [6.45, 7) is 0. The Morgan fingerprint density at radius 3 is 1.86 bits per heavy atom. The summed E-state index contributed by atoms with van der Waals surface area (Å²) in [5.41, 5.74) is 6.83. The molecule has 0 saturated heterocycles. The number of nitrogens with zero attached hydrogens (tertiary/aromatic N) is 3. The van der Waals surface area contributed by atoms with Crippen molar-refractivity contribution in [1.82, 2.24) is 14.5 Å². The molecule has 0 unspecified atom stereocenters. The first-order chi connectivity index (χ1) is 28.3. The van der Waals surface area contributed by atoms with E-state index in [4.69, 9.17) is 14.4 Å². The van der Waals surface area contributed by atoms with Crippen LogP contribution >= 0.6 is 11.3 Å². The molecule has 0 aliphatic heterocycles. The molecular formula is C52H29N3OS. The zero-order chi connectivity index (χ0) is 37.2. The van der Waals surface area contributed by atoms with Gasteiger partial charge >= 0.3 is 0 Å². The Morgan fingerprint density at radius 1 is 0.404 bits per heavy atom. The molecule has 9 aromatic carbocycles. The quantitative estimate of drug-likeness (QED) is 0.169. The maximum Gasteiger partial charge on any atom is 0.233 e. The minimum atomic E-state index is 0.566. The van der Waals surface area contributed by atoms with Gasteiger partial charge in [0.25, 0.3) is 0 Å². The van der Waals surface area contributed by atoms with E-state index in [1.54, 1.807) is 0 Å². The second-order valence-electron chi connectivity index (χ2n) is 14.8. The van der Waals surface area contributed by atoms with Crippen molar-refractivity contribution in [2.75, 3.05) is 0 Å². The molecule has 0 spiro atoms. The van der Waals surface area contributed by atoms with Gasteiger partial charge in [0, 0.05) is 52.7 Å².